The van der Waals surface area contributed by atoms with Crippen molar-refractivity contribution in [3.63, 3.8) is 0 Å². The Morgan fingerprint density at radius 2 is 2.21 bits per heavy atom. The molecule has 0 spiro atoms. The second-order valence-corrected chi connectivity index (χ2v) is 5.95. The molecular formula is C15H27N3O. The minimum absolute atomic E-state index is 0.0345. The van der Waals surface area contributed by atoms with Crippen molar-refractivity contribution in [1.82, 2.24) is 14.9 Å². The Labute approximate surface area is 116 Å². The number of aryl methyl sites for hydroxylation is 1. The zero-order valence-electron chi connectivity index (χ0n) is 12.6. The first-order valence-electron chi connectivity index (χ1n) is 7.30. The van der Waals surface area contributed by atoms with Crippen LogP contribution in [0.5, 0.6) is 0 Å². The molecule has 19 heavy (non-hydrogen) atoms. The van der Waals surface area contributed by atoms with Crippen LogP contribution < -0.4 is 5.32 Å². The Kier molecular flexibility index (Phi) is 4.63. The molecule has 1 fully saturated rings. The van der Waals surface area contributed by atoms with E-state index in [2.05, 4.69) is 28.8 Å². The van der Waals surface area contributed by atoms with Gasteiger partial charge in [-0.2, -0.15) is 0 Å². The molecule has 0 aliphatic heterocycles. The van der Waals surface area contributed by atoms with Gasteiger partial charge in [-0.15, -0.1) is 0 Å². The van der Waals surface area contributed by atoms with E-state index >= 15 is 0 Å². The third-order valence-electron chi connectivity index (χ3n) is 4.82. The zero-order valence-corrected chi connectivity index (χ0v) is 12.6. The van der Waals surface area contributed by atoms with Crippen LogP contribution in [0, 0.1) is 5.92 Å². The minimum atomic E-state index is -0.0345. The number of aromatic nitrogens is 2. The molecule has 1 unspecified atom stereocenters. The maximum absolute atomic E-state index is 5.97. The van der Waals surface area contributed by atoms with Crippen molar-refractivity contribution in [3.8, 4) is 0 Å². The van der Waals surface area contributed by atoms with E-state index < -0.39 is 0 Å². The highest BCUT2D eigenvalue weighted by Crippen LogP contribution is 2.37. The molecule has 0 saturated heterocycles. The summed E-state index contributed by atoms with van der Waals surface area (Å²) in [6.07, 6.45) is 9.58. The van der Waals surface area contributed by atoms with Crippen LogP contribution in [0.2, 0.25) is 0 Å². The van der Waals surface area contributed by atoms with E-state index in [1.807, 2.05) is 26.6 Å². The van der Waals surface area contributed by atoms with Gasteiger partial charge < -0.3 is 14.6 Å². The first kappa shape index (κ1) is 14.5. The van der Waals surface area contributed by atoms with Crippen LogP contribution in [-0.2, 0) is 18.2 Å². The normalized spacial score (nSPS) is 29.4. The van der Waals surface area contributed by atoms with E-state index in [9.17, 15) is 0 Å². The summed E-state index contributed by atoms with van der Waals surface area (Å²) in [5.74, 6) is 1.95. The number of rotatable bonds is 5. The van der Waals surface area contributed by atoms with Crippen molar-refractivity contribution in [3.05, 3.63) is 18.2 Å². The molecule has 1 saturated carbocycles. The zero-order chi connectivity index (χ0) is 13.9. The van der Waals surface area contributed by atoms with Gasteiger partial charge in [0.05, 0.1) is 5.60 Å². The molecule has 108 valence electrons. The molecule has 1 aromatic rings. The predicted molar refractivity (Wildman–Crippen MR) is 77.1 cm³/mol. The standard InChI is InChI=1S/C15H27N3O/c1-12-5-7-15(19-4,8-6-12)13(16-2)11-14-17-9-10-18(14)3/h9-10,12-13,16H,5-8,11H2,1-4H3. The number of methoxy groups -OCH3 is 1. The van der Waals surface area contributed by atoms with Crippen molar-refractivity contribution in [2.24, 2.45) is 13.0 Å². The highest BCUT2D eigenvalue weighted by molar-refractivity contribution is 5.03. The van der Waals surface area contributed by atoms with E-state index in [1.54, 1.807) is 0 Å². The van der Waals surface area contributed by atoms with E-state index in [0.29, 0.717) is 6.04 Å². The maximum atomic E-state index is 5.97. The number of likely N-dealkylation sites (N-methyl/N-ethyl adjacent to an activating group) is 1. The molecule has 2 rings (SSSR count). The van der Waals surface area contributed by atoms with Crippen molar-refractivity contribution >= 4 is 0 Å². The smallest absolute Gasteiger partial charge is 0.110 e. The predicted octanol–water partition coefficient (Wildman–Crippen LogP) is 2.15. The summed E-state index contributed by atoms with van der Waals surface area (Å²) in [6.45, 7) is 2.34. The Bertz CT molecular complexity index is 394. The van der Waals surface area contributed by atoms with E-state index in [0.717, 1.165) is 31.0 Å². The van der Waals surface area contributed by atoms with E-state index in [1.165, 1.54) is 12.8 Å². The Morgan fingerprint density at radius 1 is 1.53 bits per heavy atom. The van der Waals surface area contributed by atoms with Gasteiger partial charge in [-0.1, -0.05) is 6.92 Å². The second kappa shape index (κ2) is 6.06. The second-order valence-electron chi connectivity index (χ2n) is 5.95. The molecule has 0 bridgehead atoms. The van der Waals surface area contributed by atoms with Crippen LogP contribution in [0.15, 0.2) is 12.4 Å². The van der Waals surface area contributed by atoms with E-state index in [4.69, 9.17) is 4.74 Å². The quantitative estimate of drug-likeness (QED) is 0.886. The van der Waals surface area contributed by atoms with Crippen LogP contribution >= 0.6 is 0 Å². The lowest BCUT2D eigenvalue weighted by Gasteiger charge is -2.44. The summed E-state index contributed by atoms with van der Waals surface area (Å²) in [6, 6.07) is 0.325. The first-order valence-corrected chi connectivity index (χ1v) is 7.30. The number of nitrogens with one attached hydrogen (secondary N) is 1. The summed E-state index contributed by atoms with van der Waals surface area (Å²) in [7, 11) is 5.95. The van der Waals surface area contributed by atoms with Gasteiger partial charge in [-0.25, -0.2) is 4.98 Å². The lowest BCUT2D eigenvalue weighted by molar-refractivity contribution is -0.0735. The van der Waals surface area contributed by atoms with Gasteiger partial charge in [-0.05, 0) is 38.6 Å². The van der Waals surface area contributed by atoms with Crippen LogP contribution in [-0.4, -0.2) is 35.4 Å². The number of nitrogens with zero attached hydrogens (tertiary/aromatic N) is 2. The van der Waals surface area contributed by atoms with Gasteiger partial charge in [0.15, 0.2) is 0 Å². The molecule has 1 aliphatic rings. The van der Waals surface area contributed by atoms with Gasteiger partial charge in [0.2, 0.25) is 0 Å². The van der Waals surface area contributed by atoms with Crippen LogP contribution in [0.25, 0.3) is 0 Å². The summed E-state index contributed by atoms with van der Waals surface area (Å²) < 4.78 is 8.07. The van der Waals surface area contributed by atoms with Crippen LogP contribution in [0.1, 0.15) is 38.4 Å². The molecule has 1 N–H and O–H groups in total. The average Bonchev–Trinajstić information content (AvgIpc) is 2.83. The third-order valence-corrected chi connectivity index (χ3v) is 4.82. The fourth-order valence-electron chi connectivity index (χ4n) is 3.27. The lowest BCUT2D eigenvalue weighted by atomic mass is 9.74. The topological polar surface area (TPSA) is 39.1 Å². The summed E-state index contributed by atoms with van der Waals surface area (Å²) in [5, 5.41) is 3.47. The minimum Gasteiger partial charge on any atom is -0.377 e. The van der Waals surface area contributed by atoms with Gasteiger partial charge >= 0.3 is 0 Å². The van der Waals surface area contributed by atoms with Gasteiger partial charge in [0.1, 0.15) is 5.82 Å². The molecule has 1 aliphatic carbocycles. The molecular weight excluding hydrogens is 238 g/mol. The van der Waals surface area contributed by atoms with Crippen molar-refractivity contribution < 1.29 is 4.74 Å². The van der Waals surface area contributed by atoms with Crippen molar-refractivity contribution in [2.45, 2.75) is 50.7 Å². The summed E-state index contributed by atoms with van der Waals surface area (Å²) in [4.78, 5) is 4.45. The highest BCUT2D eigenvalue weighted by Gasteiger charge is 2.41. The molecule has 0 radical (unpaired) electrons. The summed E-state index contributed by atoms with van der Waals surface area (Å²) >= 11 is 0. The molecule has 0 aromatic carbocycles. The molecule has 0 amide bonds. The molecule has 1 atom stereocenters. The monoisotopic (exact) mass is 265 g/mol. The number of imidazole rings is 1. The number of hydrogen-bond acceptors (Lipinski definition) is 3. The van der Waals surface area contributed by atoms with Crippen LogP contribution in [0.4, 0.5) is 0 Å². The largest absolute Gasteiger partial charge is 0.377 e. The molecule has 1 heterocycles. The average molecular weight is 265 g/mol. The van der Waals surface area contributed by atoms with Crippen molar-refractivity contribution in [1.29, 1.82) is 0 Å². The molecule has 4 heteroatoms. The Morgan fingerprint density at radius 3 is 2.68 bits per heavy atom. The first-order chi connectivity index (χ1) is 9.11. The molecule has 4 nitrogen and oxygen atoms in total. The van der Waals surface area contributed by atoms with Crippen molar-refractivity contribution in [2.75, 3.05) is 14.2 Å². The number of ether oxygens (including phenoxy) is 1. The van der Waals surface area contributed by atoms with Gasteiger partial charge in [0.25, 0.3) is 0 Å². The summed E-state index contributed by atoms with van der Waals surface area (Å²) in [5.41, 5.74) is -0.0345. The molecule has 1 aromatic heterocycles. The highest BCUT2D eigenvalue weighted by atomic mass is 16.5. The van der Waals surface area contributed by atoms with E-state index in [-0.39, 0.29) is 5.60 Å². The van der Waals surface area contributed by atoms with Crippen LogP contribution in [0.3, 0.4) is 0 Å². The van der Waals surface area contributed by atoms with Gasteiger partial charge in [0, 0.05) is 39.0 Å². The Balaban J connectivity index is 2.12. The fourth-order valence-corrected chi connectivity index (χ4v) is 3.27. The van der Waals surface area contributed by atoms with Gasteiger partial charge in [-0.3, -0.25) is 0 Å². The third kappa shape index (κ3) is 3.00. The number of hydrogen-bond donors (Lipinski definition) is 1. The Hall–Kier alpha value is -0.870. The maximum Gasteiger partial charge on any atom is 0.110 e. The lowest BCUT2D eigenvalue weighted by Crippen LogP contribution is -2.54. The SMILES string of the molecule is CNC(Cc1nccn1C)C1(OC)CCC(C)CC1. The fraction of sp³-hybridized carbons (Fsp3) is 0.800.